The molecule has 0 fully saturated rings. The lowest BCUT2D eigenvalue weighted by Gasteiger charge is -2.08. The van der Waals surface area contributed by atoms with Crippen molar-refractivity contribution in [1.29, 1.82) is 0 Å². The lowest BCUT2D eigenvalue weighted by molar-refractivity contribution is 0.0474. The number of hydrogen-bond donors (Lipinski definition) is 1. The number of anilines is 1. The molecular formula is C15H14ClNO2. The van der Waals surface area contributed by atoms with Crippen LogP contribution in [0.5, 0.6) is 0 Å². The fraction of sp³-hybridized carbons (Fsp3) is 0.133. The number of halogens is 1. The average Bonchev–Trinajstić information content (AvgIpc) is 2.38. The molecule has 0 aliphatic carbocycles. The predicted molar refractivity (Wildman–Crippen MR) is 76.2 cm³/mol. The van der Waals surface area contributed by atoms with Gasteiger partial charge in [0.2, 0.25) is 0 Å². The number of carbonyl (C=O) groups excluding carboxylic acids is 1. The normalized spacial score (nSPS) is 10.2. The lowest BCUT2D eigenvalue weighted by atomic mass is 10.1. The largest absolute Gasteiger partial charge is 0.457 e. The second-order valence-corrected chi connectivity index (χ2v) is 4.67. The first-order valence-corrected chi connectivity index (χ1v) is 6.22. The number of nitrogens with two attached hydrogens (primary N) is 1. The summed E-state index contributed by atoms with van der Waals surface area (Å²) in [6.45, 7) is 2.20. The number of aryl methyl sites for hydroxylation is 1. The fourth-order valence-electron chi connectivity index (χ4n) is 1.66. The van der Waals surface area contributed by atoms with Crippen molar-refractivity contribution in [3.8, 4) is 0 Å². The molecule has 2 aromatic rings. The minimum atomic E-state index is -0.510. The van der Waals surface area contributed by atoms with Gasteiger partial charge in [0.05, 0.1) is 5.02 Å². The van der Waals surface area contributed by atoms with Crippen LogP contribution in [0.3, 0.4) is 0 Å². The minimum Gasteiger partial charge on any atom is -0.457 e. The van der Waals surface area contributed by atoms with Gasteiger partial charge in [-0.2, -0.15) is 0 Å². The van der Waals surface area contributed by atoms with Gasteiger partial charge in [-0.05, 0) is 24.6 Å². The van der Waals surface area contributed by atoms with Crippen LogP contribution in [-0.4, -0.2) is 5.97 Å². The number of hydrogen-bond acceptors (Lipinski definition) is 3. The van der Waals surface area contributed by atoms with Gasteiger partial charge in [-0.15, -0.1) is 0 Å². The smallest absolute Gasteiger partial charge is 0.342 e. The van der Waals surface area contributed by atoms with E-state index in [4.69, 9.17) is 22.1 Å². The van der Waals surface area contributed by atoms with Crippen LogP contribution >= 0.6 is 11.6 Å². The van der Waals surface area contributed by atoms with Crippen molar-refractivity contribution in [2.45, 2.75) is 13.5 Å². The van der Waals surface area contributed by atoms with Crippen molar-refractivity contribution in [3.05, 3.63) is 64.2 Å². The fourth-order valence-corrected chi connectivity index (χ4v) is 1.92. The first kappa shape index (κ1) is 13.4. The molecule has 0 atom stereocenters. The van der Waals surface area contributed by atoms with Crippen molar-refractivity contribution in [1.82, 2.24) is 0 Å². The van der Waals surface area contributed by atoms with Gasteiger partial charge in [0, 0.05) is 5.69 Å². The zero-order valence-corrected chi connectivity index (χ0v) is 11.3. The van der Waals surface area contributed by atoms with Crippen LogP contribution < -0.4 is 5.73 Å². The van der Waals surface area contributed by atoms with Crippen LogP contribution in [0.4, 0.5) is 5.69 Å². The van der Waals surface area contributed by atoms with Crippen LogP contribution in [0.15, 0.2) is 42.5 Å². The average molecular weight is 276 g/mol. The van der Waals surface area contributed by atoms with Gasteiger partial charge in [-0.25, -0.2) is 4.79 Å². The molecule has 2 rings (SSSR count). The van der Waals surface area contributed by atoms with E-state index in [2.05, 4.69) is 0 Å². The number of rotatable bonds is 3. The van der Waals surface area contributed by atoms with Gasteiger partial charge in [0.15, 0.2) is 0 Å². The van der Waals surface area contributed by atoms with Crippen LogP contribution in [0.1, 0.15) is 21.5 Å². The monoisotopic (exact) mass is 275 g/mol. The Bertz CT molecular complexity index is 573. The van der Waals surface area contributed by atoms with Crippen molar-refractivity contribution in [2.24, 2.45) is 0 Å². The summed E-state index contributed by atoms with van der Waals surface area (Å²) in [5.41, 5.74) is 8.34. The highest BCUT2D eigenvalue weighted by molar-refractivity contribution is 6.34. The van der Waals surface area contributed by atoms with Crippen molar-refractivity contribution in [3.63, 3.8) is 0 Å². The van der Waals surface area contributed by atoms with E-state index in [9.17, 15) is 4.79 Å². The standard InChI is InChI=1S/C15H14ClNO2/c1-10-5-7-11(8-6-10)9-19-15(18)14-12(16)3-2-4-13(14)17/h2-8H,9,17H2,1H3. The van der Waals surface area contributed by atoms with E-state index in [1.54, 1.807) is 18.2 Å². The molecule has 19 heavy (non-hydrogen) atoms. The van der Waals surface area contributed by atoms with E-state index in [1.165, 1.54) is 0 Å². The molecular weight excluding hydrogens is 262 g/mol. The minimum absolute atomic E-state index is 0.198. The molecule has 2 aromatic carbocycles. The van der Waals surface area contributed by atoms with E-state index in [0.717, 1.165) is 11.1 Å². The van der Waals surface area contributed by atoms with Gasteiger partial charge in [-0.3, -0.25) is 0 Å². The molecule has 0 unspecified atom stereocenters. The summed E-state index contributed by atoms with van der Waals surface area (Å²) in [5.74, 6) is -0.510. The number of benzene rings is 2. The third-order valence-electron chi connectivity index (χ3n) is 2.74. The Morgan fingerprint density at radius 1 is 1.21 bits per heavy atom. The van der Waals surface area contributed by atoms with Crippen LogP contribution in [0.25, 0.3) is 0 Å². The van der Waals surface area contributed by atoms with Gasteiger partial charge in [0.1, 0.15) is 12.2 Å². The highest BCUT2D eigenvalue weighted by atomic mass is 35.5. The number of carbonyl (C=O) groups is 1. The Balaban J connectivity index is 2.07. The third-order valence-corrected chi connectivity index (χ3v) is 3.06. The first-order valence-electron chi connectivity index (χ1n) is 5.84. The zero-order valence-electron chi connectivity index (χ0n) is 10.5. The van der Waals surface area contributed by atoms with E-state index < -0.39 is 5.97 Å². The van der Waals surface area contributed by atoms with E-state index >= 15 is 0 Å². The topological polar surface area (TPSA) is 52.3 Å². The van der Waals surface area contributed by atoms with Crippen LogP contribution in [0, 0.1) is 6.92 Å². The Kier molecular flexibility index (Phi) is 4.07. The molecule has 3 nitrogen and oxygen atoms in total. The highest BCUT2D eigenvalue weighted by Crippen LogP contribution is 2.23. The number of nitrogen functional groups attached to an aromatic ring is 1. The Morgan fingerprint density at radius 2 is 1.89 bits per heavy atom. The first-order chi connectivity index (χ1) is 9.08. The summed E-state index contributed by atoms with van der Waals surface area (Å²) < 4.78 is 5.21. The zero-order chi connectivity index (χ0) is 13.8. The van der Waals surface area contributed by atoms with E-state index in [-0.39, 0.29) is 12.2 Å². The number of ether oxygens (including phenoxy) is 1. The molecule has 2 N–H and O–H groups in total. The van der Waals surface area contributed by atoms with Crippen molar-refractivity contribution >= 4 is 23.3 Å². The quantitative estimate of drug-likeness (QED) is 0.688. The summed E-state index contributed by atoms with van der Waals surface area (Å²) in [6.07, 6.45) is 0. The molecule has 0 radical (unpaired) electrons. The molecule has 0 spiro atoms. The third kappa shape index (κ3) is 3.26. The maximum Gasteiger partial charge on any atom is 0.342 e. The highest BCUT2D eigenvalue weighted by Gasteiger charge is 2.15. The van der Waals surface area contributed by atoms with Crippen molar-refractivity contribution < 1.29 is 9.53 Å². The summed E-state index contributed by atoms with van der Waals surface area (Å²) in [6, 6.07) is 12.7. The Labute approximate surface area is 117 Å². The molecule has 4 heteroatoms. The van der Waals surface area contributed by atoms with Crippen LogP contribution in [0.2, 0.25) is 5.02 Å². The second-order valence-electron chi connectivity index (χ2n) is 4.27. The Hall–Kier alpha value is -2.00. The summed E-state index contributed by atoms with van der Waals surface area (Å²) in [4.78, 5) is 11.9. The second kappa shape index (κ2) is 5.76. The maximum atomic E-state index is 11.9. The molecule has 0 saturated heterocycles. The SMILES string of the molecule is Cc1ccc(COC(=O)c2c(N)cccc2Cl)cc1. The Morgan fingerprint density at radius 3 is 2.53 bits per heavy atom. The van der Waals surface area contributed by atoms with Crippen molar-refractivity contribution in [2.75, 3.05) is 5.73 Å². The summed E-state index contributed by atoms with van der Waals surface area (Å²) >= 11 is 5.95. The van der Waals surface area contributed by atoms with Gasteiger partial charge in [0.25, 0.3) is 0 Å². The van der Waals surface area contributed by atoms with Gasteiger partial charge in [-0.1, -0.05) is 47.5 Å². The van der Waals surface area contributed by atoms with Gasteiger partial charge >= 0.3 is 5.97 Å². The molecule has 0 amide bonds. The molecule has 0 saturated carbocycles. The van der Waals surface area contributed by atoms with E-state index in [0.29, 0.717) is 10.7 Å². The summed E-state index contributed by atoms with van der Waals surface area (Å²) in [7, 11) is 0. The number of esters is 1. The van der Waals surface area contributed by atoms with Crippen LogP contribution in [-0.2, 0) is 11.3 Å². The lowest BCUT2D eigenvalue weighted by Crippen LogP contribution is -2.09. The van der Waals surface area contributed by atoms with E-state index in [1.807, 2.05) is 31.2 Å². The molecule has 0 aliphatic heterocycles. The molecule has 98 valence electrons. The molecule has 0 bridgehead atoms. The molecule has 0 aromatic heterocycles. The predicted octanol–water partition coefficient (Wildman–Crippen LogP) is 3.59. The van der Waals surface area contributed by atoms with Gasteiger partial charge < -0.3 is 10.5 Å². The molecule has 0 heterocycles. The maximum absolute atomic E-state index is 11.9. The molecule has 0 aliphatic rings. The summed E-state index contributed by atoms with van der Waals surface area (Å²) in [5, 5.41) is 0.300.